The van der Waals surface area contributed by atoms with Gasteiger partial charge in [0.25, 0.3) is 0 Å². The summed E-state index contributed by atoms with van der Waals surface area (Å²) in [6.07, 6.45) is 17.0. The second-order valence-corrected chi connectivity index (χ2v) is 16.0. The zero-order chi connectivity index (χ0) is 27.8. The Kier molecular flexibility index (Phi) is 8.97. The number of carbonyl (C=O) groups excluding carboxylic acids is 1. The largest absolute Gasteiger partial charge is 0.482 e. The average Bonchev–Trinajstić information content (AvgIpc) is 3.26. The first-order valence-electron chi connectivity index (χ1n) is 16.2. The van der Waals surface area contributed by atoms with E-state index in [2.05, 4.69) is 40.7 Å². The predicted molar refractivity (Wildman–Crippen MR) is 166 cm³/mol. The molecule has 3 heteroatoms. The quantitative estimate of drug-likeness (QED) is 0.286. The Balaban J connectivity index is 1.21. The highest BCUT2D eigenvalue weighted by Gasteiger charge is 2.59. The molecule has 4 aliphatic carbocycles. The summed E-state index contributed by atoms with van der Waals surface area (Å²) >= 11 is 1.55. The Bertz CT molecular complexity index is 1020. The zero-order valence-electron chi connectivity index (χ0n) is 25.6. The first-order chi connectivity index (χ1) is 18.6. The van der Waals surface area contributed by atoms with E-state index in [0.29, 0.717) is 16.1 Å². The third-order valence-electron chi connectivity index (χ3n) is 11.9. The second-order valence-electron chi connectivity index (χ2n) is 14.7. The zero-order valence-corrected chi connectivity index (χ0v) is 26.4. The third-order valence-corrected chi connectivity index (χ3v) is 13.2. The summed E-state index contributed by atoms with van der Waals surface area (Å²) in [7, 11) is 0. The van der Waals surface area contributed by atoms with Gasteiger partial charge in [0.15, 0.2) is 6.10 Å². The van der Waals surface area contributed by atoms with Crippen molar-refractivity contribution in [1.29, 1.82) is 0 Å². The fraction of sp³-hybridized carbons (Fsp3) is 0.750. The summed E-state index contributed by atoms with van der Waals surface area (Å²) in [6, 6.07) is 9.75. The summed E-state index contributed by atoms with van der Waals surface area (Å²) in [5, 5.41) is 0.571. The van der Waals surface area contributed by atoms with Crippen LogP contribution in [0.5, 0.6) is 5.75 Å². The molecule has 0 saturated heterocycles. The van der Waals surface area contributed by atoms with E-state index < -0.39 is 6.10 Å². The van der Waals surface area contributed by atoms with Crippen molar-refractivity contribution < 1.29 is 9.53 Å². The number of para-hydroxylation sites is 1. The van der Waals surface area contributed by atoms with Gasteiger partial charge in [0, 0.05) is 5.25 Å². The highest BCUT2D eigenvalue weighted by atomic mass is 32.2. The Morgan fingerprint density at radius 2 is 1.74 bits per heavy atom. The van der Waals surface area contributed by atoms with Gasteiger partial charge in [0.2, 0.25) is 5.12 Å². The molecule has 1 aromatic carbocycles. The molecule has 0 amide bonds. The number of allylic oxidation sites excluding steroid dienone is 2. The van der Waals surface area contributed by atoms with Crippen LogP contribution in [0.25, 0.3) is 0 Å². The van der Waals surface area contributed by atoms with Crippen molar-refractivity contribution in [3.05, 3.63) is 42.0 Å². The first-order valence-corrected chi connectivity index (χ1v) is 17.1. The predicted octanol–water partition coefficient (Wildman–Crippen LogP) is 10.1. The Hall–Kier alpha value is -1.22. The van der Waals surface area contributed by atoms with Gasteiger partial charge >= 0.3 is 0 Å². The Morgan fingerprint density at radius 1 is 0.974 bits per heavy atom. The van der Waals surface area contributed by atoms with Gasteiger partial charge in [-0.15, -0.1) is 0 Å². The minimum absolute atomic E-state index is 0.176. The van der Waals surface area contributed by atoms with Crippen LogP contribution in [-0.4, -0.2) is 16.5 Å². The summed E-state index contributed by atoms with van der Waals surface area (Å²) < 4.78 is 5.94. The summed E-state index contributed by atoms with van der Waals surface area (Å²) in [5.74, 6) is 6.03. The van der Waals surface area contributed by atoms with Crippen molar-refractivity contribution in [2.75, 3.05) is 0 Å². The number of hydrogen-bond donors (Lipinski definition) is 0. The number of benzene rings is 1. The van der Waals surface area contributed by atoms with Crippen LogP contribution in [0.3, 0.4) is 0 Å². The topological polar surface area (TPSA) is 26.3 Å². The van der Waals surface area contributed by atoms with Crippen LogP contribution in [-0.2, 0) is 4.79 Å². The molecule has 0 bridgehead atoms. The molecule has 0 aromatic heterocycles. The van der Waals surface area contributed by atoms with Crippen LogP contribution in [0.1, 0.15) is 112 Å². The SMILES string of the molecule is CC(C)CCC[C@@H](C)[C@H]1CC[C@H]2[C@@H]3CC=C4C[C@@H](SC(=O)[C@@H](C)Oc5ccccc5)CC[C@]4(C)[C@H]3CC[C@]12C. The molecule has 39 heavy (non-hydrogen) atoms. The fourth-order valence-electron chi connectivity index (χ4n) is 9.76. The lowest BCUT2D eigenvalue weighted by atomic mass is 9.47. The summed E-state index contributed by atoms with van der Waals surface area (Å²) in [4.78, 5) is 13.0. The lowest BCUT2D eigenvalue weighted by molar-refractivity contribution is -0.116. The number of thioether (sulfide) groups is 1. The van der Waals surface area contributed by atoms with Crippen molar-refractivity contribution in [3.8, 4) is 5.75 Å². The van der Waals surface area contributed by atoms with Gasteiger partial charge in [-0.2, -0.15) is 0 Å². The van der Waals surface area contributed by atoms with E-state index in [4.69, 9.17) is 4.74 Å². The van der Waals surface area contributed by atoms with Crippen LogP contribution >= 0.6 is 11.8 Å². The molecule has 2 nitrogen and oxygen atoms in total. The van der Waals surface area contributed by atoms with Gasteiger partial charge in [-0.3, -0.25) is 4.79 Å². The monoisotopic (exact) mass is 550 g/mol. The van der Waals surface area contributed by atoms with Crippen molar-refractivity contribution in [2.45, 2.75) is 124 Å². The molecule has 3 fully saturated rings. The van der Waals surface area contributed by atoms with Crippen LogP contribution < -0.4 is 4.74 Å². The van der Waals surface area contributed by atoms with E-state index in [1.807, 2.05) is 37.3 Å². The summed E-state index contributed by atoms with van der Waals surface area (Å²) in [5.41, 5.74) is 2.57. The highest BCUT2D eigenvalue weighted by molar-refractivity contribution is 8.14. The maximum Gasteiger partial charge on any atom is 0.229 e. The first kappa shape index (κ1) is 29.3. The normalized spacial score (nSPS) is 37.3. The molecule has 0 unspecified atom stereocenters. The second kappa shape index (κ2) is 11.9. The van der Waals surface area contributed by atoms with Gasteiger partial charge < -0.3 is 4.74 Å². The van der Waals surface area contributed by atoms with Gasteiger partial charge in [-0.1, -0.05) is 95.5 Å². The van der Waals surface area contributed by atoms with Crippen molar-refractivity contribution in [2.24, 2.45) is 46.3 Å². The van der Waals surface area contributed by atoms with Gasteiger partial charge in [0.1, 0.15) is 5.75 Å². The number of hydrogen-bond acceptors (Lipinski definition) is 3. The van der Waals surface area contributed by atoms with Crippen LogP contribution in [0.15, 0.2) is 42.0 Å². The van der Waals surface area contributed by atoms with E-state index in [9.17, 15) is 4.79 Å². The minimum Gasteiger partial charge on any atom is -0.482 e. The molecule has 9 atom stereocenters. The van der Waals surface area contributed by atoms with Crippen molar-refractivity contribution in [1.82, 2.24) is 0 Å². The van der Waals surface area contributed by atoms with Crippen LogP contribution in [0.2, 0.25) is 0 Å². The molecule has 1 aromatic rings. The maximum atomic E-state index is 13.0. The lowest BCUT2D eigenvalue weighted by Gasteiger charge is -2.58. The van der Waals surface area contributed by atoms with Crippen LogP contribution in [0, 0.1) is 46.3 Å². The van der Waals surface area contributed by atoms with E-state index in [1.54, 1.807) is 17.3 Å². The maximum absolute atomic E-state index is 13.0. The molecule has 0 heterocycles. The Labute approximate surface area is 243 Å². The number of fused-ring (bicyclic) bond motifs is 5. The minimum atomic E-state index is -0.408. The average molecular weight is 551 g/mol. The number of rotatable bonds is 9. The van der Waals surface area contributed by atoms with Gasteiger partial charge in [0.05, 0.1) is 0 Å². The number of ether oxygens (including phenoxy) is 1. The van der Waals surface area contributed by atoms with E-state index in [-0.39, 0.29) is 5.12 Å². The molecule has 5 rings (SSSR count). The van der Waals surface area contributed by atoms with Crippen molar-refractivity contribution >= 4 is 16.9 Å². The third kappa shape index (κ3) is 5.91. The smallest absolute Gasteiger partial charge is 0.229 e. The van der Waals surface area contributed by atoms with Crippen molar-refractivity contribution in [3.63, 3.8) is 0 Å². The van der Waals surface area contributed by atoms with E-state index in [0.717, 1.165) is 54.1 Å². The Morgan fingerprint density at radius 3 is 2.49 bits per heavy atom. The van der Waals surface area contributed by atoms with E-state index >= 15 is 0 Å². The molecule has 3 saturated carbocycles. The molecule has 0 aliphatic heterocycles. The summed E-state index contributed by atoms with van der Waals surface area (Å²) in [6.45, 7) is 14.5. The molecular weight excluding hydrogens is 496 g/mol. The van der Waals surface area contributed by atoms with Crippen LogP contribution in [0.4, 0.5) is 0 Å². The van der Waals surface area contributed by atoms with E-state index in [1.165, 1.54) is 57.8 Å². The molecule has 4 aliphatic rings. The molecule has 0 radical (unpaired) electrons. The highest BCUT2D eigenvalue weighted by Crippen LogP contribution is 2.67. The molecule has 0 N–H and O–H groups in total. The lowest BCUT2D eigenvalue weighted by Crippen LogP contribution is -2.50. The van der Waals surface area contributed by atoms with Gasteiger partial charge in [-0.25, -0.2) is 0 Å². The molecular formula is C36H54O2S. The standard InChI is InChI=1S/C36H54O2S/c1-24(2)11-10-12-25(3)31-17-18-32-30-16-15-27-23-29(19-21-35(27,5)33(30)20-22-36(31,32)6)39-34(37)26(4)38-28-13-8-7-9-14-28/h7-9,13-15,24-26,29-33H,10-12,16-23H2,1-6H3/t25-,26-,29+,30+,31-,32+,33+,35+,36-/m1/s1. The van der Waals surface area contributed by atoms with Gasteiger partial charge in [-0.05, 0) is 117 Å². The number of carbonyl (C=O) groups is 1. The molecule has 216 valence electrons. The molecule has 0 spiro atoms. The fourth-order valence-corrected chi connectivity index (χ4v) is 10.8.